The minimum absolute atomic E-state index is 0. The van der Waals surface area contributed by atoms with Gasteiger partial charge < -0.3 is 5.32 Å². The number of pyridine rings is 1. The first kappa shape index (κ1) is 16.4. The minimum atomic E-state index is 0. The Morgan fingerprint density at radius 3 is 2.96 bits per heavy atom. The molecule has 0 radical (unpaired) electrons. The largest absolute Gasteiger partial charge is 0.314 e. The zero-order chi connectivity index (χ0) is 14.8. The van der Waals surface area contributed by atoms with E-state index in [-0.39, 0.29) is 12.4 Å². The summed E-state index contributed by atoms with van der Waals surface area (Å²) < 4.78 is 1.38. The third-order valence-electron chi connectivity index (χ3n) is 4.26. The number of hydrogen-bond donors (Lipinski definition) is 1. The van der Waals surface area contributed by atoms with Crippen LogP contribution in [0.25, 0.3) is 10.1 Å². The van der Waals surface area contributed by atoms with E-state index in [1.54, 1.807) is 0 Å². The first-order chi connectivity index (χ1) is 10.9. The van der Waals surface area contributed by atoms with Crippen LogP contribution in [0.1, 0.15) is 16.5 Å². The third kappa shape index (κ3) is 3.56. The Kier molecular flexibility index (Phi) is 5.28. The normalized spacial score (nSPS) is 18.7. The molecule has 0 amide bonds. The fraction of sp³-hybridized carbons (Fsp3) is 0.278. The fourth-order valence-electron chi connectivity index (χ4n) is 3.15. The number of nitrogens with one attached hydrogen (secondary N) is 1. The molecule has 1 aromatic carbocycles. The number of piperazine rings is 1. The van der Waals surface area contributed by atoms with E-state index in [9.17, 15) is 0 Å². The average Bonchev–Trinajstić information content (AvgIpc) is 2.98. The summed E-state index contributed by atoms with van der Waals surface area (Å²) in [5.74, 6) is 0. The monoisotopic (exact) mass is 345 g/mol. The van der Waals surface area contributed by atoms with Gasteiger partial charge in [-0.25, -0.2) is 0 Å². The number of fused-ring (bicyclic) bond motifs is 1. The van der Waals surface area contributed by atoms with Crippen LogP contribution >= 0.6 is 23.7 Å². The van der Waals surface area contributed by atoms with Crippen molar-refractivity contribution in [3.63, 3.8) is 0 Å². The topological polar surface area (TPSA) is 28.2 Å². The molecule has 1 atom stereocenters. The second kappa shape index (κ2) is 7.41. The van der Waals surface area contributed by atoms with Gasteiger partial charge in [-0.3, -0.25) is 9.88 Å². The molecule has 0 aliphatic carbocycles. The van der Waals surface area contributed by atoms with E-state index in [1.165, 1.54) is 20.5 Å². The number of rotatable bonds is 3. The molecule has 1 saturated heterocycles. The highest BCUT2D eigenvalue weighted by Gasteiger charge is 2.24. The zero-order valence-electron chi connectivity index (χ0n) is 12.8. The quantitative estimate of drug-likeness (QED) is 0.781. The molecule has 0 bridgehead atoms. The Hall–Kier alpha value is -1.46. The molecule has 1 unspecified atom stereocenters. The van der Waals surface area contributed by atoms with Gasteiger partial charge in [-0.2, -0.15) is 0 Å². The average molecular weight is 346 g/mol. The lowest BCUT2D eigenvalue weighted by molar-refractivity contribution is 0.155. The molecule has 23 heavy (non-hydrogen) atoms. The maximum absolute atomic E-state index is 4.28. The SMILES string of the molecule is Cl.c1cncc(C2CNCCN2Cc2cc3ccccc3s2)c1. The number of hydrogen-bond acceptors (Lipinski definition) is 4. The number of benzene rings is 1. The molecule has 120 valence electrons. The Morgan fingerprint density at radius 2 is 2.13 bits per heavy atom. The van der Waals surface area contributed by atoms with Crippen molar-refractivity contribution >= 4 is 33.8 Å². The van der Waals surface area contributed by atoms with Crippen LogP contribution < -0.4 is 5.32 Å². The molecule has 4 rings (SSSR count). The van der Waals surface area contributed by atoms with Gasteiger partial charge in [-0.15, -0.1) is 23.7 Å². The second-order valence-electron chi connectivity index (χ2n) is 5.73. The molecule has 3 nitrogen and oxygen atoms in total. The highest BCUT2D eigenvalue weighted by Crippen LogP contribution is 2.29. The van der Waals surface area contributed by atoms with E-state index in [2.05, 4.69) is 51.6 Å². The summed E-state index contributed by atoms with van der Waals surface area (Å²) in [6.07, 6.45) is 3.84. The lowest BCUT2D eigenvalue weighted by atomic mass is 10.1. The third-order valence-corrected chi connectivity index (χ3v) is 5.36. The molecule has 1 aliphatic rings. The molecular weight excluding hydrogens is 326 g/mol. The minimum Gasteiger partial charge on any atom is -0.314 e. The Labute approximate surface area is 146 Å². The lowest BCUT2D eigenvalue weighted by Crippen LogP contribution is -2.45. The van der Waals surface area contributed by atoms with E-state index in [1.807, 2.05) is 29.8 Å². The summed E-state index contributed by atoms with van der Waals surface area (Å²) in [4.78, 5) is 8.29. The lowest BCUT2D eigenvalue weighted by Gasteiger charge is -2.36. The first-order valence-electron chi connectivity index (χ1n) is 7.72. The highest BCUT2D eigenvalue weighted by atomic mass is 35.5. The number of thiophene rings is 1. The van der Waals surface area contributed by atoms with Gasteiger partial charge in [-0.05, 0) is 29.1 Å². The van der Waals surface area contributed by atoms with Crippen LogP contribution in [0.3, 0.4) is 0 Å². The summed E-state index contributed by atoms with van der Waals surface area (Å²) >= 11 is 1.91. The summed E-state index contributed by atoms with van der Waals surface area (Å²) in [6.45, 7) is 4.15. The summed E-state index contributed by atoms with van der Waals surface area (Å²) in [5, 5.41) is 4.87. The van der Waals surface area contributed by atoms with Crippen LogP contribution in [0.15, 0.2) is 54.9 Å². The van der Waals surface area contributed by atoms with Gasteiger partial charge in [0.25, 0.3) is 0 Å². The van der Waals surface area contributed by atoms with Crippen molar-refractivity contribution in [2.45, 2.75) is 12.6 Å². The Morgan fingerprint density at radius 1 is 1.22 bits per heavy atom. The number of nitrogens with zero attached hydrogens (tertiary/aromatic N) is 2. The van der Waals surface area contributed by atoms with Gasteiger partial charge >= 0.3 is 0 Å². The van der Waals surface area contributed by atoms with E-state index < -0.39 is 0 Å². The van der Waals surface area contributed by atoms with Crippen LogP contribution in [0.4, 0.5) is 0 Å². The maximum atomic E-state index is 4.28. The smallest absolute Gasteiger partial charge is 0.0492 e. The van der Waals surface area contributed by atoms with Crippen molar-refractivity contribution in [1.29, 1.82) is 0 Å². The number of halogens is 1. The zero-order valence-corrected chi connectivity index (χ0v) is 14.4. The fourth-order valence-corrected chi connectivity index (χ4v) is 4.24. The molecule has 3 heterocycles. The summed E-state index contributed by atoms with van der Waals surface area (Å²) in [7, 11) is 0. The molecule has 1 N–H and O–H groups in total. The predicted octanol–water partition coefficient (Wildman–Crippen LogP) is 3.86. The van der Waals surface area contributed by atoms with Gasteiger partial charge in [-0.1, -0.05) is 24.3 Å². The maximum Gasteiger partial charge on any atom is 0.0492 e. The van der Waals surface area contributed by atoms with Crippen LogP contribution in [-0.4, -0.2) is 29.5 Å². The van der Waals surface area contributed by atoms with Gasteiger partial charge in [0.15, 0.2) is 0 Å². The first-order valence-corrected chi connectivity index (χ1v) is 8.54. The molecule has 0 spiro atoms. The van der Waals surface area contributed by atoms with Crippen molar-refractivity contribution in [2.75, 3.05) is 19.6 Å². The van der Waals surface area contributed by atoms with Gasteiger partial charge in [0.05, 0.1) is 0 Å². The van der Waals surface area contributed by atoms with E-state index in [0.29, 0.717) is 6.04 Å². The van der Waals surface area contributed by atoms with Crippen molar-refractivity contribution in [3.05, 3.63) is 65.3 Å². The summed E-state index contributed by atoms with van der Waals surface area (Å²) in [6, 6.07) is 15.6. The molecule has 1 aliphatic heterocycles. The Balaban J connectivity index is 0.00000156. The van der Waals surface area contributed by atoms with Gasteiger partial charge in [0, 0.05) is 54.2 Å². The van der Waals surface area contributed by atoms with Gasteiger partial charge in [0.2, 0.25) is 0 Å². The molecule has 1 fully saturated rings. The molecule has 3 aromatic rings. The van der Waals surface area contributed by atoms with E-state index in [4.69, 9.17) is 0 Å². The van der Waals surface area contributed by atoms with Crippen molar-refractivity contribution < 1.29 is 0 Å². The Bertz CT molecular complexity index is 726. The standard InChI is InChI=1S/C18H19N3S.ClH/c1-2-6-18-14(4-1)10-16(22-18)13-21-9-8-20-12-17(21)15-5-3-7-19-11-15;/h1-7,10-11,17,20H,8-9,12-13H2;1H. The van der Waals surface area contributed by atoms with Crippen LogP contribution in [0.5, 0.6) is 0 Å². The summed E-state index contributed by atoms with van der Waals surface area (Å²) in [5.41, 5.74) is 1.30. The number of aromatic nitrogens is 1. The molecule has 0 saturated carbocycles. The molecule has 2 aromatic heterocycles. The van der Waals surface area contributed by atoms with E-state index in [0.717, 1.165) is 26.2 Å². The van der Waals surface area contributed by atoms with Crippen molar-refractivity contribution in [2.24, 2.45) is 0 Å². The van der Waals surface area contributed by atoms with Crippen LogP contribution in [0, 0.1) is 0 Å². The predicted molar refractivity (Wildman–Crippen MR) is 99.3 cm³/mol. The highest BCUT2D eigenvalue weighted by molar-refractivity contribution is 7.19. The molecule has 5 heteroatoms. The van der Waals surface area contributed by atoms with Gasteiger partial charge in [0.1, 0.15) is 0 Å². The van der Waals surface area contributed by atoms with Crippen LogP contribution in [0.2, 0.25) is 0 Å². The second-order valence-corrected chi connectivity index (χ2v) is 6.90. The molecular formula is C18H20ClN3S. The van der Waals surface area contributed by atoms with E-state index >= 15 is 0 Å². The van der Waals surface area contributed by atoms with Crippen molar-refractivity contribution in [3.8, 4) is 0 Å². The van der Waals surface area contributed by atoms with Crippen LogP contribution in [-0.2, 0) is 6.54 Å². The van der Waals surface area contributed by atoms with Crippen molar-refractivity contribution in [1.82, 2.24) is 15.2 Å².